The third kappa shape index (κ3) is 5.11. The summed E-state index contributed by atoms with van der Waals surface area (Å²) in [7, 11) is 0. The Kier molecular flexibility index (Phi) is 6.53. The minimum absolute atomic E-state index is 0.0463. The molecule has 0 fully saturated rings. The number of aliphatic carboxylic acids is 1. The molecule has 3 aromatic carbocycles. The Balaban J connectivity index is 1.72. The molecule has 33 heavy (non-hydrogen) atoms. The summed E-state index contributed by atoms with van der Waals surface area (Å²) in [5.74, 6) is -2.09. The number of rotatable bonds is 6. The zero-order valence-electron chi connectivity index (χ0n) is 17.5. The SMILES string of the molecule is O=C(O)COc1ccc(F)cc1C1c2ccc(F)cc2CCN1C(=O)OCc1ccccc1. The van der Waals surface area contributed by atoms with Crippen molar-refractivity contribution in [3.63, 3.8) is 0 Å². The average molecular weight is 453 g/mol. The van der Waals surface area contributed by atoms with Crippen molar-refractivity contribution in [1.29, 1.82) is 0 Å². The maximum absolute atomic E-state index is 14.3. The molecule has 8 heteroatoms. The zero-order valence-corrected chi connectivity index (χ0v) is 17.5. The van der Waals surface area contributed by atoms with Gasteiger partial charge in [0.05, 0.1) is 6.04 Å². The largest absolute Gasteiger partial charge is 0.482 e. The molecule has 0 aliphatic carbocycles. The van der Waals surface area contributed by atoms with Crippen LogP contribution in [0.3, 0.4) is 0 Å². The first-order valence-electron chi connectivity index (χ1n) is 10.3. The Morgan fingerprint density at radius 1 is 0.970 bits per heavy atom. The lowest BCUT2D eigenvalue weighted by atomic mass is 9.88. The van der Waals surface area contributed by atoms with Gasteiger partial charge in [0.1, 0.15) is 24.0 Å². The van der Waals surface area contributed by atoms with Crippen LogP contribution in [-0.2, 0) is 22.6 Å². The first-order valence-corrected chi connectivity index (χ1v) is 10.3. The van der Waals surface area contributed by atoms with Crippen LogP contribution < -0.4 is 4.74 Å². The second-order valence-corrected chi connectivity index (χ2v) is 7.59. The summed E-state index contributed by atoms with van der Waals surface area (Å²) < 4.78 is 39.1. The maximum Gasteiger partial charge on any atom is 0.410 e. The molecule has 1 atom stereocenters. The highest BCUT2D eigenvalue weighted by atomic mass is 19.1. The molecule has 6 nitrogen and oxygen atoms in total. The van der Waals surface area contributed by atoms with Crippen molar-refractivity contribution in [2.24, 2.45) is 0 Å². The van der Waals surface area contributed by atoms with Crippen LogP contribution in [0.1, 0.15) is 28.3 Å². The second-order valence-electron chi connectivity index (χ2n) is 7.59. The van der Waals surface area contributed by atoms with Crippen LogP contribution in [0.2, 0.25) is 0 Å². The molecule has 1 amide bonds. The number of hydrogen-bond donors (Lipinski definition) is 1. The summed E-state index contributed by atoms with van der Waals surface area (Å²) in [4.78, 5) is 25.5. The molecule has 4 rings (SSSR count). The third-order valence-corrected chi connectivity index (χ3v) is 5.39. The molecule has 170 valence electrons. The van der Waals surface area contributed by atoms with Crippen LogP contribution in [0.25, 0.3) is 0 Å². The van der Waals surface area contributed by atoms with Crippen LogP contribution in [-0.4, -0.2) is 35.2 Å². The number of carboxylic acids is 1. The molecule has 1 heterocycles. The molecule has 0 spiro atoms. The van der Waals surface area contributed by atoms with Gasteiger partial charge in [-0.25, -0.2) is 18.4 Å². The molecular formula is C25H21F2NO5. The van der Waals surface area contributed by atoms with Crippen molar-refractivity contribution in [2.75, 3.05) is 13.2 Å². The van der Waals surface area contributed by atoms with Crippen molar-refractivity contribution in [3.05, 3.63) is 101 Å². The second kappa shape index (κ2) is 9.68. The van der Waals surface area contributed by atoms with E-state index in [1.807, 2.05) is 30.3 Å². The number of nitrogens with zero attached hydrogens (tertiary/aromatic N) is 1. The number of amides is 1. The predicted octanol–water partition coefficient (Wildman–Crippen LogP) is 4.71. The van der Waals surface area contributed by atoms with E-state index >= 15 is 0 Å². The van der Waals surface area contributed by atoms with E-state index in [-0.39, 0.29) is 24.5 Å². The van der Waals surface area contributed by atoms with E-state index in [2.05, 4.69) is 0 Å². The Morgan fingerprint density at radius 3 is 2.45 bits per heavy atom. The number of fused-ring (bicyclic) bond motifs is 1. The molecule has 0 bridgehead atoms. The fourth-order valence-electron chi connectivity index (χ4n) is 3.93. The number of hydrogen-bond acceptors (Lipinski definition) is 4. The van der Waals surface area contributed by atoms with Gasteiger partial charge in [0, 0.05) is 12.1 Å². The summed E-state index contributed by atoms with van der Waals surface area (Å²) in [5, 5.41) is 9.01. The van der Waals surface area contributed by atoms with Crippen molar-refractivity contribution >= 4 is 12.1 Å². The minimum Gasteiger partial charge on any atom is -0.482 e. The fraction of sp³-hybridized carbons (Fsp3) is 0.200. The number of benzene rings is 3. The Bertz CT molecular complexity index is 1170. The molecular weight excluding hydrogens is 432 g/mol. The van der Waals surface area contributed by atoms with E-state index in [0.29, 0.717) is 17.5 Å². The molecule has 0 saturated heterocycles. The van der Waals surface area contributed by atoms with Gasteiger partial charge >= 0.3 is 12.1 Å². The first kappa shape index (κ1) is 22.3. The highest BCUT2D eigenvalue weighted by Crippen LogP contribution is 2.40. The lowest BCUT2D eigenvalue weighted by Gasteiger charge is -2.37. The summed E-state index contributed by atoms with van der Waals surface area (Å²) in [6, 6.07) is 16.2. The van der Waals surface area contributed by atoms with Crippen molar-refractivity contribution in [3.8, 4) is 5.75 Å². The highest BCUT2D eigenvalue weighted by molar-refractivity contribution is 5.71. The van der Waals surface area contributed by atoms with Gasteiger partial charge in [-0.3, -0.25) is 4.90 Å². The Hall–Kier alpha value is -3.94. The van der Waals surface area contributed by atoms with Crippen LogP contribution >= 0.6 is 0 Å². The minimum atomic E-state index is -1.20. The lowest BCUT2D eigenvalue weighted by Crippen LogP contribution is -2.41. The van der Waals surface area contributed by atoms with Crippen LogP contribution in [0, 0.1) is 11.6 Å². The predicted molar refractivity (Wildman–Crippen MR) is 115 cm³/mol. The number of ether oxygens (including phenoxy) is 2. The fourth-order valence-corrected chi connectivity index (χ4v) is 3.93. The molecule has 1 aliphatic heterocycles. The number of carboxylic acid groups (broad SMARTS) is 1. The normalized spacial score (nSPS) is 15.0. The standard InChI is InChI=1S/C25H21F2NO5/c26-18-6-8-20-17(12-18)10-11-28(25(31)33-14-16-4-2-1-3-5-16)24(20)21-13-19(27)7-9-22(21)32-15-23(29)30/h1-9,12-13,24H,10-11,14-15H2,(H,29,30). The van der Waals surface area contributed by atoms with Crippen molar-refractivity contribution < 1.29 is 33.0 Å². The van der Waals surface area contributed by atoms with Crippen molar-refractivity contribution in [1.82, 2.24) is 4.90 Å². The van der Waals surface area contributed by atoms with Crippen LogP contribution in [0.15, 0.2) is 66.7 Å². The quantitative estimate of drug-likeness (QED) is 0.585. The van der Waals surface area contributed by atoms with E-state index in [1.54, 1.807) is 0 Å². The summed E-state index contributed by atoms with van der Waals surface area (Å²) >= 11 is 0. The number of carbonyl (C=O) groups excluding carboxylic acids is 1. The molecule has 3 aromatic rings. The van der Waals surface area contributed by atoms with E-state index < -0.39 is 36.3 Å². The Morgan fingerprint density at radius 2 is 1.70 bits per heavy atom. The number of carbonyl (C=O) groups is 2. The van der Waals surface area contributed by atoms with Gasteiger partial charge < -0.3 is 14.6 Å². The van der Waals surface area contributed by atoms with Gasteiger partial charge in [0.25, 0.3) is 0 Å². The van der Waals surface area contributed by atoms with Gasteiger partial charge in [-0.05, 0) is 53.4 Å². The van der Waals surface area contributed by atoms with E-state index in [1.165, 1.54) is 35.2 Å². The third-order valence-electron chi connectivity index (χ3n) is 5.39. The van der Waals surface area contributed by atoms with Gasteiger partial charge in [0.2, 0.25) is 0 Å². The number of halogens is 2. The molecule has 0 aromatic heterocycles. The summed E-state index contributed by atoms with van der Waals surface area (Å²) in [6.07, 6.45) is -0.253. The first-order chi connectivity index (χ1) is 15.9. The smallest absolute Gasteiger partial charge is 0.410 e. The molecule has 1 aliphatic rings. The molecule has 1 unspecified atom stereocenters. The lowest BCUT2D eigenvalue weighted by molar-refractivity contribution is -0.139. The van der Waals surface area contributed by atoms with Gasteiger partial charge in [0.15, 0.2) is 6.61 Å². The monoisotopic (exact) mass is 453 g/mol. The van der Waals surface area contributed by atoms with Gasteiger partial charge in [-0.2, -0.15) is 0 Å². The van der Waals surface area contributed by atoms with E-state index in [9.17, 15) is 18.4 Å². The Labute approximate surface area is 189 Å². The van der Waals surface area contributed by atoms with Gasteiger partial charge in [-0.15, -0.1) is 0 Å². The van der Waals surface area contributed by atoms with E-state index in [0.717, 1.165) is 11.6 Å². The molecule has 0 radical (unpaired) electrons. The average Bonchev–Trinajstić information content (AvgIpc) is 2.81. The highest BCUT2D eigenvalue weighted by Gasteiger charge is 2.35. The summed E-state index contributed by atoms with van der Waals surface area (Å²) in [6.45, 7) is -0.394. The summed E-state index contributed by atoms with van der Waals surface area (Å²) in [5.41, 5.74) is 2.31. The molecule has 1 N–H and O–H groups in total. The van der Waals surface area contributed by atoms with Crippen LogP contribution in [0.5, 0.6) is 5.75 Å². The van der Waals surface area contributed by atoms with Gasteiger partial charge in [-0.1, -0.05) is 36.4 Å². The van der Waals surface area contributed by atoms with E-state index in [4.69, 9.17) is 14.6 Å². The topological polar surface area (TPSA) is 76.1 Å². The molecule has 0 saturated carbocycles. The van der Waals surface area contributed by atoms with Crippen molar-refractivity contribution in [2.45, 2.75) is 19.1 Å². The van der Waals surface area contributed by atoms with Crippen LogP contribution in [0.4, 0.5) is 13.6 Å². The zero-order chi connectivity index (χ0) is 23.4. The maximum atomic E-state index is 14.3.